The molecule has 1 aromatic carbocycles. The summed E-state index contributed by atoms with van der Waals surface area (Å²) in [6.07, 6.45) is 0. The molecule has 0 bridgehead atoms. The lowest BCUT2D eigenvalue weighted by Gasteiger charge is -2.17. The molecule has 17 heavy (non-hydrogen) atoms. The van der Waals surface area contributed by atoms with Crippen molar-refractivity contribution in [2.45, 2.75) is 30.9 Å². The van der Waals surface area contributed by atoms with Gasteiger partial charge in [-0.1, -0.05) is 20.8 Å². The topological polar surface area (TPSA) is 63.3 Å². The largest absolute Gasteiger partial charge is 0.478 e. The molecule has 0 spiro atoms. The maximum atomic E-state index is 13.2. The fraction of sp³-hybridized carbons (Fsp3) is 0.417. The molecule has 0 saturated carbocycles. The number of rotatable bonds is 4. The third-order valence-corrected chi connectivity index (χ3v) is 4.13. The summed E-state index contributed by atoms with van der Waals surface area (Å²) in [6.45, 7) is 6.09. The minimum Gasteiger partial charge on any atom is -0.478 e. The maximum Gasteiger partial charge on any atom is 0.339 e. The van der Waals surface area contributed by atoms with Crippen LogP contribution in [0.4, 0.5) is 10.1 Å². The van der Waals surface area contributed by atoms with E-state index in [1.807, 2.05) is 20.8 Å². The molecule has 3 nitrogen and oxygen atoms in total. The van der Waals surface area contributed by atoms with Gasteiger partial charge in [0.05, 0.1) is 11.3 Å². The molecular weight excluding hydrogens is 241 g/mol. The van der Waals surface area contributed by atoms with Crippen molar-refractivity contribution in [1.29, 1.82) is 0 Å². The molecule has 0 radical (unpaired) electrons. The lowest BCUT2D eigenvalue weighted by molar-refractivity contribution is 0.0694. The number of anilines is 1. The molecule has 0 aliphatic carbocycles. The van der Waals surface area contributed by atoms with Gasteiger partial charge in [-0.25, -0.2) is 9.18 Å². The Labute approximate surface area is 104 Å². The predicted molar refractivity (Wildman–Crippen MR) is 67.9 cm³/mol. The van der Waals surface area contributed by atoms with E-state index in [4.69, 9.17) is 10.8 Å². The van der Waals surface area contributed by atoms with Crippen LogP contribution in [0.15, 0.2) is 17.0 Å². The Balaban J connectivity index is 3.16. The molecule has 1 unspecified atom stereocenters. The number of benzene rings is 1. The fourth-order valence-electron chi connectivity index (χ4n) is 1.23. The quantitative estimate of drug-likeness (QED) is 0.642. The maximum absolute atomic E-state index is 13.2. The van der Waals surface area contributed by atoms with Crippen molar-refractivity contribution in [1.82, 2.24) is 0 Å². The fourth-order valence-corrected chi connectivity index (χ4v) is 2.36. The minimum atomic E-state index is -1.19. The summed E-state index contributed by atoms with van der Waals surface area (Å²) < 4.78 is 13.2. The summed E-state index contributed by atoms with van der Waals surface area (Å²) in [4.78, 5) is 11.6. The van der Waals surface area contributed by atoms with Crippen LogP contribution in [0, 0.1) is 11.7 Å². The van der Waals surface area contributed by atoms with Crippen LogP contribution in [0.2, 0.25) is 0 Å². The first kappa shape index (κ1) is 13.8. The van der Waals surface area contributed by atoms with Crippen molar-refractivity contribution in [2.75, 3.05) is 5.73 Å². The first-order valence-electron chi connectivity index (χ1n) is 5.32. The lowest BCUT2D eigenvalue weighted by Crippen LogP contribution is -2.10. The molecule has 0 aliphatic rings. The van der Waals surface area contributed by atoms with E-state index < -0.39 is 11.8 Å². The van der Waals surface area contributed by atoms with Crippen molar-refractivity contribution < 1.29 is 14.3 Å². The number of aromatic carboxylic acids is 1. The minimum absolute atomic E-state index is 0.137. The molecule has 1 rings (SSSR count). The van der Waals surface area contributed by atoms with Gasteiger partial charge in [-0.05, 0) is 18.1 Å². The van der Waals surface area contributed by atoms with E-state index in [1.54, 1.807) is 0 Å². The summed E-state index contributed by atoms with van der Waals surface area (Å²) in [5.41, 5.74) is 5.04. The van der Waals surface area contributed by atoms with Gasteiger partial charge in [0.15, 0.2) is 0 Å². The van der Waals surface area contributed by atoms with E-state index in [9.17, 15) is 9.18 Å². The molecule has 0 aliphatic heterocycles. The third kappa shape index (κ3) is 3.12. The Morgan fingerprint density at radius 2 is 2.00 bits per heavy atom. The zero-order chi connectivity index (χ0) is 13.2. The highest BCUT2D eigenvalue weighted by Crippen LogP contribution is 2.34. The van der Waals surface area contributed by atoms with Crippen LogP contribution in [0.5, 0.6) is 0 Å². The monoisotopic (exact) mass is 257 g/mol. The van der Waals surface area contributed by atoms with Crippen molar-refractivity contribution in [3.8, 4) is 0 Å². The second-order valence-electron chi connectivity index (χ2n) is 4.21. The van der Waals surface area contributed by atoms with Crippen LogP contribution in [0.25, 0.3) is 0 Å². The van der Waals surface area contributed by atoms with E-state index in [1.165, 1.54) is 23.9 Å². The van der Waals surface area contributed by atoms with Crippen molar-refractivity contribution >= 4 is 23.4 Å². The zero-order valence-electron chi connectivity index (χ0n) is 10.0. The number of carboxylic acid groups (broad SMARTS) is 1. The van der Waals surface area contributed by atoms with Crippen molar-refractivity contribution in [2.24, 2.45) is 5.92 Å². The first-order valence-corrected chi connectivity index (χ1v) is 6.20. The number of carboxylic acids is 1. The number of thioether (sulfide) groups is 1. The Morgan fingerprint density at radius 3 is 2.47 bits per heavy atom. The number of nitrogen functional groups attached to an aromatic ring is 1. The summed E-state index contributed by atoms with van der Waals surface area (Å²) in [5.74, 6) is -1.49. The zero-order valence-corrected chi connectivity index (χ0v) is 10.8. The van der Waals surface area contributed by atoms with Crippen LogP contribution >= 0.6 is 11.8 Å². The van der Waals surface area contributed by atoms with Crippen LogP contribution in [0.3, 0.4) is 0 Å². The van der Waals surface area contributed by atoms with Crippen molar-refractivity contribution in [3.05, 3.63) is 23.5 Å². The molecule has 0 aromatic heterocycles. The normalized spacial score (nSPS) is 12.8. The first-order chi connectivity index (χ1) is 7.84. The number of hydrogen-bond acceptors (Lipinski definition) is 3. The van der Waals surface area contributed by atoms with Gasteiger partial charge >= 0.3 is 5.97 Å². The van der Waals surface area contributed by atoms with Crippen LogP contribution in [0.1, 0.15) is 31.1 Å². The van der Waals surface area contributed by atoms with Gasteiger partial charge in [0.2, 0.25) is 0 Å². The summed E-state index contributed by atoms with van der Waals surface area (Å²) in [7, 11) is 0. The molecular formula is C12H16FNO2S. The van der Waals surface area contributed by atoms with Gasteiger partial charge in [-0.3, -0.25) is 0 Å². The molecule has 1 aromatic rings. The van der Waals surface area contributed by atoms with Gasteiger partial charge in [0.1, 0.15) is 5.82 Å². The highest BCUT2D eigenvalue weighted by atomic mass is 32.2. The molecule has 94 valence electrons. The number of hydrogen-bond donors (Lipinski definition) is 2. The van der Waals surface area contributed by atoms with Gasteiger partial charge < -0.3 is 10.8 Å². The Kier molecular flexibility index (Phi) is 4.40. The lowest BCUT2D eigenvalue weighted by atomic mass is 10.1. The molecule has 5 heteroatoms. The van der Waals surface area contributed by atoms with Gasteiger partial charge in [0.25, 0.3) is 0 Å². The van der Waals surface area contributed by atoms with Crippen LogP contribution in [-0.4, -0.2) is 16.3 Å². The predicted octanol–water partition coefficient (Wildman–Crippen LogP) is 3.24. The average molecular weight is 257 g/mol. The van der Waals surface area contributed by atoms with Gasteiger partial charge in [0, 0.05) is 10.1 Å². The number of nitrogens with two attached hydrogens (primary N) is 1. The van der Waals surface area contributed by atoms with Crippen LogP contribution in [-0.2, 0) is 0 Å². The van der Waals surface area contributed by atoms with E-state index in [2.05, 4.69) is 0 Å². The molecule has 0 heterocycles. The highest BCUT2D eigenvalue weighted by molar-refractivity contribution is 8.00. The second kappa shape index (κ2) is 5.40. The molecule has 0 amide bonds. The average Bonchev–Trinajstić information content (AvgIpc) is 2.22. The molecule has 0 saturated heterocycles. The summed E-state index contributed by atoms with van der Waals surface area (Å²) in [6, 6.07) is 2.68. The molecule has 0 fully saturated rings. The molecule has 1 atom stereocenters. The summed E-state index contributed by atoms with van der Waals surface area (Å²) >= 11 is 1.40. The Morgan fingerprint density at radius 1 is 1.41 bits per heavy atom. The van der Waals surface area contributed by atoms with E-state index in [0.717, 1.165) is 0 Å². The summed E-state index contributed by atoms with van der Waals surface area (Å²) in [5, 5.41) is 9.30. The molecule has 3 N–H and O–H groups in total. The third-order valence-electron chi connectivity index (χ3n) is 2.62. The van der Waals surface area contributed by atoms with Crippen LogP contribution < -0.4 is 5.73 Å². The Bertz CT molecular complexity index is 435. The highest BCUT2D eigenvalue weighted by Gasteiger charge is 2.20. The SMILES string of the molecule is CC(C)C(C)Sc1ccc(F)c(N)c1C(=O)O. The standard InChI is InChI=1S/C12H16FNO2S/c1-6(2)7(3)17-9-5-4-8(13)11(14)10(9)12(15)16/h4-7H,14H2,1-3H3,(H,15,16). The smallest absolute Gasteiger partial charge is 0.339 e. The van der Waals surface area contributed by atoms with Crippen molar-refractivity contribution in [3.63, 3.8) is 0 Å². The van der Waals surface area contributed by atoms with E-state index in [-0.39, 0.29) is 16.5 Å². The number of carbonyl (C=O) groups is 1. The number of halogens is 1. The van der Waals surface area contributed by atoms with E-state index >= 15 is 0 Å². The Hall–Kier alpha value is -1.23. The van der Waals surface area contributed by atoms with Gasteiger partial charge in [-0.15, -0.1) is 11.8 Å². The van der Waals surface area contributed by atoms with E-state index in [0.29, 0.717) is 10.8 Å². The second-order valence-corrected chi connectivity index (χ2v) is 5.63. The van der Waals surface area contributed by atoms with Gasteiger partial charge in [-0.2, -0.15) is 0 Å².